The van der Waals surface area contributed by atoms with Crippen LogP contribution in [0.15, 0.2) is 23.2 Å². The summed E-state index contributed by atoms with van der Waals surface area (Å²) < 4.78 is 11.5. The molecule has 0 fully saturated rings. The lowest BCUT2D eigenvalue weighted by molar-refractivity contribution is -0.125. The Kier molecular flexibility index (Phi) is 9.16. The van der Waals surface area contributed by atoms with Gasteiger partial charge in [-0.25, -0.2) is 4.99 Å². The number of benzene rings is 1. The second-order valence-corrected chi connectivity index (χ2v) is 8.29. The summed E-state index contributed by atoms with van der Waals surface area (Å²) in [6.07, 6.45) is 4.10. The summed E-state index contributed by atoms with van der Waals surface area (Å²) in [5.74, 6) is 0.538. The van der Waals surface area contributed by atoms with Gasteiger partial charge in [-0.2, -0.15) is 5.26 Å². The first-order valence-corrected chi connectivity index (χ1v) is 10.6. The fourth-order valence-electron chi connectivity index (χ4n) is 3.08. The van der Waals surface area contributed by atoms with Gasteiger partial charge < -0.3 is 20.9 Å². The van der Waals surface area contributed by atoms with Crippen LogP contribution in [-0.4, -0.2) is 24.6 Å². The van der Waals surface area contributed by atoms with Gasteiger partial charge in [-0.05, 0) is 24.6 Å². The maximum absolute atomic E-state index is 10.2. The number of ether oxygens (including phenoxy) is 2. The smallest absolute Gasteiger partial charge is 0.283 e. The van der Waals surface area contributed by atoms with Crippen LogP contribution in [0, 0.1) is 16.7 Å². The minimum Gasteiger partial charge on any atom is -0.490 e. The van der Waals surface area contributed by atoms with Gasteiger partial charge in [0.15, 0.2) is 0 Å². The number of carbonyl (C=O) groups excluding carboxylic acids is 1. The highest BCUT2D eigenvalue weighted by atomic mass is 16.5. The van der Waals surface area contributed by atoms with Crippen molar-refractivity contribution in [3.8, 4) is 11.8 Å². The molecule has 0 radical (unpaired) electrons. The number of hydrogen-bond acceptors (Lipinski definition) is 6. The molecule has 0 bridgehead atoms. The fraction of sp³-hybridized carbons (Fsp3) is 0.609. The maximum Gasteiger partial charge on any atom is 0.283 e. The van der Waals surface area contributed by atoms with Crippen molar-refractivity contribution in [2.75, 3.05) is 6.61 Å². The van der Waals surface area contributed by atoms with Crippen LogP contribution >= 0.6 is 0 Å². The number of amidine groups is 1. The molecule has 0 aliphatic carbocycles. The molecule has 30 heavy (non-hydrogen) atoms. The average molecular weight is 417 g/mol. The molecule has 0 saturated carbocycles. The van der Waals surface area contributed by atoms with Crippen molar-refractivity contribution in [1.82, 2.24) is 0 Å². The van der Waals surface area contributed by atoms with Crippen LogP contribution in [0.2, 0.25) is 0 Å². The van der Waals surface area contributed by atoms with Gasteiger partial charge in [0.2, 0.25) is 5.91 Å². The third kappa shape index (κ3) is 6.38. The van der Waals surface area contributed by atoms with Crippen molar-refractivity contribution in [3.05, 3.63) is 29.3 Å². The van der Waals surface area contributed by atoms with E-state index in [1.54, 1.807) is 26.8 Å². The van der Waals surface area contributed by atoms with Gasteiger partial charge in [0, 0.05) is 17.4 Å². The number of nitrogens with zero attached hydrogens (tertiary/aromatic N) is 2. The molecular weight excluding hydrogens is 380 g/mol. The number of amides is 1. The van der Waals surface area contributed by atoms with Crippen LogP contribution in [0.1, 0.15) is 78.4 Å². The molecule has 1 unspecified atom stereocenters. The molecule has 7 heteroatoms. The summed E-state index contributed by atoms with van der Waals surface area (Å²) in [4.78, 5) is 14.8. The molecule has 2 atom stereocenters. The molecule has 0 saturated heterocycles. The monoisotopic (exact) mass is 416 g/mol. The Labute approximate surface area is 180 Å². The van der Waals surface area contributed by atoms with Crippen LogP contribution in [0.5, 0.6) is 5.75 Å². The van der Waals surface area contributed by atoms with Gasteiger partial charge in [0.1, 0.15) is 24.0 Å². The van der Waals surface area contributed by atoms with Crippen molar-refractivity contribution < 1.29 is 14.3 Å². The number of primary amides is 1. The van der Waals surface area contributed by atoms with Crippen LogP contribution < -0.4 is 16.2 Å². The third-order valence-electron chi connectivity index (χ3n) is 4.87. The Hall–Kier alpha value is -2.75. The zero-order valence-electron chi connectivity index (χ0n) is 19.1. The largest absolute Gasteiger partial charge is 0.490 e. The van der Waals surface area contributed by atoms with E-state index < -0.39 is 5.54 Å². The van der Waals surface area contributed by atoms with Gasteiger partial charge in [-0.1, -0.05) is 54.4 Å². The average Bonchev–Trinajstić information content (AvgIpc) is 3.08. The summed E-state index contributed by atoms with van der Waals surface area (Å²) in [6, 6.07) is 7.86. The van der Waals surface area contributed by atoms with E-state index in [-0.39, 0.29) is 23.4 Å². The highest BCUT2D eigenvalue weighted by Gasteiger charge is 2.45. The van der Waals surface area contributed by atoms with Crippen LogP contribution in [0.3, 0.4) is 0 Å². The van der Waals surface area contributed by atoms with Gasteiger partial charge in [0.05, 0.1) is 11.6 Å². The van der Waals surface area contributed by atoms with Gasteiger partial charge in [0.25, 0.3) is 6.02 Å². The molecule has 1 amide bonds. The molecule has 1 spiro atoms. The Bertz CT molecular complexity index is 793. The summed E-state index contributed by atoms with van der Waals surface area (Å²) in [7, 11) is 0. The zero-order valence-corrected chi connectivity index (χ0v) is 19.1. The van der Waals surface area contributed by atoms with Crippen molar-refractivity contribution in [1.29, 1.82) is 5.26 Å². The minimum absolute atomic E-state index is 0.114. The van der Waals surface area contributed by atoms with Crippen molar-refractivity contribution in [2.45, 2.75) is 78.9 Å². The first kappa shape index (κ1) is 25.3. The number of nitriles is 1. The number of nitrogens with two attached hydrogens (primary N) is 2. The van der Waals surface area contributed by atoms with Crippen LogP contribution in [-0.2, 0) is 15.1 Å². The Morgan fingerprint density at radius 1 is 1.37 bits per heavy atom. The van der Waals surface area contributed by atoms with Crippen LogP contribution in [0.4, 0.5) is 0 Å². The Morgan fingerprint density at radius 2 is 2.00 bits per heavy atom. The fourth-order valence-corrected chi connectivity index (χ4v) is 3.08. The first-order chi connectivity index (χ1) is 14.1. The van der Waals surface area contributed by atoms with Crippen molar-refractivity contribution in [2.24, 2.45) is 21.9 Å². The van der Waals surface area contributed by atoms with E-state index in [1.165, 1.54) is 0 Å². The van der Waals surface area contributed by atoms with Gasteiger partial charge >= 0.3 is 0 Å². The van der Waals surface area contributed by atoms with E-state index in [0.717, 1.165) is 37.0 Å². The van der Waals surface area contributed by atoms with Gasteiger partial charge in [-0.15, -0.1) is 0 Å². The summed E-state index contributed by atoms with van der Waals surface area (Å²) in [5.41, 5.74) is 11.3. The second kappa shape index (κ2) is 10.9. The quantitative estimate of drug-likeness (QED) is 0.771. The predicted octanol–water partition coefficient (Wildman–Crippen LogP) is 3.98. The first-order valence-electron chi connectivity index (χ1n) is 10.6. The molecule has 3 rings (SSSR count). The maximum atomic E-state index is 10.2. The number of hydrogen-bond donors (Lipinski definition) is 2. The zero-order chi connectivity index (χ0) is 22.9. The molecule has 7 nitrogen and oxygen atoms in total. The van der Waals surface area contributed by atoms with E-state index >= 15 is 0 Å². The number of rotatable bonds is 3. The number of carbonyl (C=O) groups is 1. The molecule has 0 aromatic heterocycles. The lowest BCUT2D eigenvalue weighted by Gasteiger charge is -2.36. The van der Waals surface area contributed by atoms with Crippen LogP contribution in [0.25, 0.3) is 0 Å². The summed E-state index contributed by atoms with van der Waals surface area (Å²) in [5, 5.41) is 9.11. The molecule has 1 aromatic rings. The van der Waals surface area contributed by atoms with E-state index in [4.69, 9.17) is 26.2 Å². The predicted molar refractivity (Wildman–Crippen MR) is 119 cm³/mol. The summed E-state index contributed by atoms with van der Waals surface area (Å²) >= 11 is 0. The third-order valence-corrected chi connectivity index (χ3v) is 4.87. The van der Waals surface area contributed by atoms with Crippen molar-refractivity contribution in [3.63, 3.8) is 0 Å². The topological polar surface area (TPSA) is 124 Å². The lowest BCUT2D eigenvalue weighted by Crippen LogP contribution is -2.38. The molecule has 2 aliphatic heterocycles. The number of unbranched alkanes of at least 4 members (excludes halogenated alkanes) is 1. The van der Waals surface area contributed by atoms with E-state index in [2.05, 4.69) is 18.0 Å². The SMILES string of the molecule is CC.CC(C)(C)C(N)=O.CCCC[C@H]1CC2(COC(N)=N2)c2cc(C#N)ccc2O1. The highest BCUT2D eigenvalue weighted by Crippen LogP contribution is 2.45. The van der Waals surface area contributed by atoms with Crippen molar-refractivity contribution >= 4 is 11.9 Å². The molecule has 1 aromatic carbocycles. The summed E-state index contributed by atoms with van der Waals surface area (Å²) in [6.45, 7) is 12.0. The number of aliphatic imine (C=N–C) groups is 1. The Morgan fingerprint density at radius 3 is 2.47 bits per heavy atom. The van der Waals surface area contributed by atoms with E-state index in [1.807, 2.05) is 26.0 Å². The molecular formula is C23H36N4O3. The van der Waals surface area contributed by atoms with Gasteiger partial charge in [-0.3, -0.25) is 4.79 Å². The normalized spacial score (nSPS) is 21.4. The second-order valence-electron chi connectivity index (χ2n) is 8.29. The molecule has 2 aliphatic rings. The lowest BCUT2D eigenvalue weighted by atomic mass is 9.81. The standard InChI is InChI=1S/C16H19N3O2.C5H11NO.C2H6/c1-2-3-4-12-8-16(10-20-15(18)19-16)13-7-11(9-17)5-6-14(13)21-12;1-5(2,3)4(6)7;1-2/h5-7,12H,2-4,8,10H2,1H3,(H2,18,19);1-3H3,(H2,6,7);1-2H3/t12-,16?;;/m0../s1. The molecule has 2 heterocycles. The molecule has 4 N–H and O–H groups in total. The highest BCUT2D eigenvalue weighted by molar-refractivity contribution is 5.79. The minimum atomic E-state index is -0.497. The van der Waals surface area contributed by atoms with E-state index in [0.29, 0.717) is 12.2 Å². The Balaban J connectivity index is 0.000000428. The number of fused-ring (bicyclic) bond motifs is 2. The van der Waals surface area contributed by atoms with E-state index in [9.17, 15) is 4.79 Å². The molecule has 166 valence electrons.